The fourth-order valence-electron chi connectivity index (χ4n) is 1.54. The summed E-state index contributed by atoms with van der Waals surface area (Å²) in [4.78, 5) is 11.9. The molecular formula is C15H21NO2. The molecule has 1 aromatic carbocycles. The number of ether oxygens (including phenoxy) is 1. The third-order valence-corrected chi connectivity index (χ3v) is 2.59. The molecule has 0 aliphatic heterocycles. The van der Waals surface area contributed by atoms with Crippen LogP contribution in [0.2, 0.25) is 0 Å². The summed E-state index contributed by atoms with van der Waals surface area (Å²) in [5.41, 5.74) is 2.01. The Bertz CT molecular complexity index is 387. The Hall–Kier alpha value is -1.61. The van der Waals surface area contributed by atoms with Gasteiger partial charge in [0.1, 0.15) is 0 Å². The summed E-state index contributed by atoms with van der Waals surface area (Å²) in [6.07, 6.45) is 0. The number of carbonyl (C=O) groups excluding carboxylic acids is 1. The van der Waals surface area contributed by atoms with Crippen LogP contribution in [0.25, 0.3) is 0 Å². The van der Waals surface area contributed by atoms with Gasteiger partial charge >= 0.3 is 0 Å². The van der Waals surface area contributed by atoms with E-state index < -0.39 is 0 Å². The average Bonchev–Trinajstić information content (AvgIpc) is 2.38. The summed E-state index contributed by atoms with van der Waals surface area (Å²) >= 11 is 0. The maximum atomic E-state index is 11.9. The molecular weight excluding hydrogens is 226 g/mol. The van der Waals surface area contributed by atoms with Crippen LogP contribution in [-0.2, 0) is 9.53 Å². The first-order chi connectivity index (χ1) is 8.61. The molecule has 0 radical (unpaired) electrons. The van der Waals surface area contributed by atoms with E-state index in [0.29, 0.717) is 19.8 Å². The number of amides is 1. The summed E-state index contributed by atoms with van der Waals surface area (Å²) in [6.45, 7) is 9.15. The number of benzene rings is 1. The zero-order valence-electron chi connectivity index (χ0n) is 11.1. The first kappa shape index (κ1) is 14.5. The summed E-state index contributed by atoms with van der Waals surface area (Å²) < 4.78 is 5.32. The Morgan fingerprint density at radius 1 is 1.39 bits per heavy atom. The van der Waals surface area contributed by atoms with Crippen molar-refractivity contribution < 1.29 is 9.53 Å². The largest absolute Gasteiger partial charge is 0.375 e. The van der Waals surface area contributed by atoms with E-state index in [1.165, 1.54) is 0 Å². The van der Waals surface area contributed by atoms with E-state index in [1.54, 1.807) is 0 Å². The highest BCUT2D eigenvalue weighted by Gasteiger charge is 2.13. The highest BCUT2D eigenvalue weighted by atomic mass is 16.5. The van der Waals surface area contributed by atoms with Crippen molar-refractivity contribution in [1.82, 2.24) is 5.32 Å². The molecule has 1 rings (SSSR count). The molecule has 1 aromatic rings. The van der Waals surface area contributed by atoms with Crippen LogP contribution in [-0.4, -0.2) is 25.7 Å². The van der Waals surface area contributed by atoms with E-state index in [4.69, 9.17) is 4.74 Å². The van der Waals surface area contributed by atoms with Crippen molar-refractivity contribution in [1.29, 1.82) is 0 Å². The normalized spacial score (nSPS) is 11.9. The van der Waals surface area contributed by atoms with Crippen molar-refractivity contribution in [2.24, 2.45) is 0 Å². The van der Waals surface area contributed by atoms with Crippen LogP contribution < -0.4 is 5.32 Å². The number of hydrogen-bond donors (Lipinski definition) is 1. The van der Waals surface area contributed by atoms with E-state index >= 15 is 0 Å². The van der Waals surface area contributed by atoms with Gasteiger partial charge in [-0.3, -0.25) is 4.79 Å². The van der Waals surface area contributed by atoms with E-state index in [1.807, 2.05) is 44.2 Å². The Kier molecular flexibility index (Phi) is 6.15. The number of nitrogens with one attached hydrogen (secondary N) is 1. The molecule has 0 bridgehead atoms. The summed E-state index contributed by atoms with van der Waals surface area (Å²) in [5, 5.41) is 2.86. The van der Waals surface area contributed by atoms with Crippen molar-refractivity contribution in [2.75, 3.05) is 19.8 Å². The quantitative estimate of drug-likeness (QED) is 0.594. The zero-order valence-corrected chi connectivity index (χ0v) is 11.1. The average molecular weight is 247 g/mol. The molecule has 3 nitrogen and oxygen atoms in total. The minimum absolute atomic E-state index is 0.0279. The second-order valence-electron chi connectivity index (χ2n) is 4.43. The van der Waals surface area contributed by atoms with Crippen LogP contribution in [0.3, 0.4) is 0 Å². The minimum Gasteiger partial charge on any atom is -0.375 e. The van der Waals surface area contributed by atoms with Gasteiger partial charge in [-0.2, -0.15) is 0 Å². The maximum absolute atomic E-state index is 11.9. The number of hydrogen-bond acceptors (Lipinski definition) is 2. The monoisotopic (exact) mass is 247 g/mol. The van der Waals surface area contributed by atoms with Gasteiger partial charge in [-0.15, -0.1) is 0 Å². The highest BCUT2D eigenvalue weighted by molar-refractivity contribution is 5.83. The van der Waals surface area contributed by atoms with Crippen molar-refractivity contribution >= 4 is 5.91 Å². The lowest BCUT2D eigenvalue weighted by Crippen LogP contribution is -2.31. The lowest BCUT2D eigenvalue weighted by molar-refractivity contribution is -0.122. The van der Waals surface area contributed by atoms with Gasteiger partial charge in [0.25, 0.3) is 0 Å². The Labute approximate surface area is 109 Å². The summed E-state index contributed by atoms with van der Waals surface area (Å²) in [5.74, 6) is -0.104. The first-order valence-corrected chi connectivity index (χ1v) is 6.16. The smallest absolute Gasteiger partial charge is 0.227 e. The van der Waals surface area contributed by atoms with Crippen molar-refractivity contribution in [3.63, 3.8) is 0 Å². The molecule has 0 aromatic heterocycles. The van der Waals surface area contributed by atoms with Crippen molar-refractivity contribution in [3.8, 4) is 0 Å². The standard InChI is InChI=1S/C15H21NO2/c1-12(2)11-18-10-9-16-15(17)13(3)14-7-5-4-6-8-14/h4-8,13H,1,9-11H2,2-3H3,(H,16,17). The molecule has 18 heavy (non-hydrogen) atoms. The lowest BCUT2D eigenvalue weighted by atomic mass is 10.0. The van der Waals surface area contributed by atoms with Crippen molar-refractivity contribution in [3.05, 3.63) is 48.0 Å². The van der Waals surface area contributed by atoms with Gasteiger partial charge in [0.15, 0.2) is 0 Å². The van der Waals surface area contributed by atoms with Crippen molar-refractivity contribution in [2.45, 2.75) is 19.8 Å². The Balaban J connectivity index is 2.26. The topological polar surface area (TPSA) is 38.3 Å². The molecule has 0 fully saturated rings. The van der Waals surface area contributed by atoms with Crippen LogP contribution in [0.15, 0.2) is 42.5 Å². The van der Waals surface area contributed by atoms with Gasteiger partial charge in [0, 0.05) is 6.54 Å². The molecule has 0 saturated heterocycles. The summed E-state index contributed by atoms with van der Waals surface area (Å²) in [7, 11) is 0. The third kappa shape index (κ3) is 5.15. The fourth-order valence-corrected chi connectivity index (χ4v) is 1.54. The molecule has 1 N–H and O–H groups in total. The van der Waals surface area contributed by atoms with E-state index in [2.05, 4.69) is 11.9 Å². The minimum atomic E-state index is -0.132. The SMILES string of the molecule is C=C(C)COCCNC(=O)C(C)c1ccccc1. The van der Waals surface area contributed by atoms with Crippen LogP contribution in [0.1, 0.15) is 25.3 Å². The zero-order chi connectivity index (χ0) is 13.4. The van der Waals surface area contributed by atoms with E-state index in [0.717, 1.165) is 11.1 Å². The Morgan fingerprint density at radius 3 is 2.67 bits per heavy atom. The summed E-state index contributed by atoms with van der Waals surface area (Å²) in [6, 6.07) is 9.74. The molecule has 1 atom stereocenters. The molecule has 0 heterocycles. The predicted octanol–water partition coefficient (Wildman–Crippen LogP) is 2.50. The van der Waals surface area contributed by atoms with Gasteiger partial charge in [-0.25, -0.2) is 0 Å². The molecule has 0 aliphatic rings. The van der Waals surface area contributed by atoms with Crippen LogP contribution in [0.4, 0.5) is 0 Å². The predicted molar refractivity (Wildman–Crippen MR) is 73.5 cm³/mol. The van der Waals surface area contributed by atoms with Gasteiger partial charge in [-0.1, -0.05) is 42.5 Å². The van der Waals surface area contributed by atoms with E-state index in [-0.39, 0.29) is 11.8 Å². The van der Waals surface area contributed by atoms with Crippen LogP contribution in [0, 0.1) is 0 Å². The molecule has 3 heteroatoms. The molecule has 0 aliphatic carbocycles. The molecule has 1 unspecified atom stereocenters. The van der Waals surface area contributed by atoms with Gasteiger partial charge < -0.3 is 10.1 Å². The molecule has 0 saturated carbocycles. The molecule has 0 spiro atoms. The fraction of sp³-hybridized carbons (Fsp3) is 0.400. The van der Waals surface area contributed by atoms with Crippen LogP contribution in [0.5, 0.6) is 0 Å². The van der Waals surface area contributed by atoms with Gasteiger partial charge in [0.2, 0.25) is 5.91 Å². The first-order valence-electron chi connectivity index (χ1n) is 6.16. The Morgan fingerprint density at radius 2 is 2.06 bits per heavy atom. The second kappa shape index (κ2) is 7.67. The third-order valence-electron chi connectivity index (χ3n) is 2.59. The number of carbonyl (C=O) groups is 1. The van der Waals surface area contributed by atoms with E-state index in [9.17, 15) is 4.79 Å². The van der Waals surface area contributed by atoms with Gasteiger partial charge in [-0.05, 0) is 19.4 Å². The molecule has 1 amide bonds. The number of rotatable bonds is 7. The van der Waals surface area contributed by atoms with Crippen LogP contribution >= 0.6 is 0 Å². The highest BCUT2D eigenvalue weighted by Crippen LogP contribution is 2.13. The molecule has 98 valence electrons. The van der Waals surface area contributed by atoms with Gasteiger partial charge in [0.05, 0.1) is 19.1 Å². The maximum Gasteiger partial charge on any atom is 0.227 e. The second-order valence-corrected chi connectivity index (χ2v) is 4.43. The lowest BCUT2D eigenvalue weighted by Gasteiger charge is -2.12.